The van der Waals surface area contributed by atoms with Crippen molar-refractivity contribution in [3.63, 3.8) is 0 Å². The van der Waals surface area contributed by atoms with Crippen LogP contribution in [0.2, 0.25) is 0 Å². The van der Waals surface area contributed by atoms with E-state index in [2.05, 4.69) is 21.2 Å². The second kappa shape index (κ2) is 9.02. The Balaban J connectivity index is 1.53. The normalized spacial score (nSPS) is 10.7. The molecule has 1 amide bonds. The zero-order valence-electron chi connectivity index (χ0n) is 14.1. The standard InChI is InChI=1S/C22H18BrNO2/c23-19-7-4-8-20(15-19)24-22(25)14-11-17-9-12-21(13-10-17)26-16-18-5-2-1-3-6-18/h1-15H,16H2,(H,24,25)/b14-11+. The third-order valence-corrected chi connectivity index (χ3v) is 4.14. The van der Waals surface area contributed by atoms with Crippen LogP contribution < -0.4 is 10.1 Å². The van der Waals surface area contributed by atoms with E-state index in [4.69, 9.17) is 4.74 Å². The molecular weight excluding hydrogens is 390 g/mol. The fourth-order valence-corrected chi connectivity index (χ4v) is 2.74. The molecule has 0 unspecified atom stereocenters. The molecule has 0 atom stereocenters. The lowest BCUT2D eigenvalue weighted by Gasteiger charge is -2.06. The van der Waals surface area contributed by atoms with E-state index < -0.39 is 0 Å². The van der Waals surface area contributed by atoms with Crippen LogP contribution in [0, 0.1) is 0 Å². The minimum Gasteiger partial charge on any atom is -0.489 e. The number of ether oxygens (including phenoxy) is 1. The highest BCUT2D eigenvalue weighted by Gasteiger charge is 1.99. The number of anilines is 1. The smallest absolute Gasteiger partial charge is 0.248 e. The number of nitrogens with one attached hydrogen (secondary N) is 1. The molecule has 3 nitrogen and oxygen atoms in total. The van der Waals surface area contributed by atoms with Gasteiger partial charge in [-0.2, -0.15) is 0 Å². The molecule has 4 heteroatoms. The molecule has 0 radical (unpaired) electrons. The molecule has 0 aliphatic heterocycles. The summed E-state index contributed by atoms with van der Waals surface area (Å²) >= 11 is 3.38. The number of benzene rings is 3. The van der Waals surface area contributed by atoms with Crippen molar-refractivity contribution in [3.05, 3.63) is 101 Å². The molecule has 0 spiro atoms. The minimum absolute atomic E-state index is 0.174. The van der Waals surface area contributed by atoms with Gasteiger partial charge in [-0.05, 0) is 47.5 Å². The van der Waals surface area contributed by atoms with Gasteiger partial charge < -0.3 is 10.1 Å². The van der Waals surface area contributed by atoms with Gasteiger partial charge in [-0.1, -0.05) is 64.5 Å². The second-order valence-corrected chi connectivity index (χ2v) is 6.59. The third kappa shape index (κ3) is 5.60. The highest BCUT2D eigenvalue weighted by molar-refractivity contribution is 9.10. The van der Waals surface area contributed by atoms with Crippen molar-refractivity contribution in [2.24, 2.45) is 0 Å². The summed E-state index contributed by atoms with van der Waals surface area (Å²) in [5.74, 6) is 0.622. The quantitative estimate of drug-likeness (QED) is 0.533. The first-order valence-electron chi connectivity index (χ1n) is 8.20. The summed E-state index contributed by atoms with van der Waals surface area (Å²) in [6.45, 7) is 0.533. The fraction of sp³-hybridized carbons (Fsp3) is 0.0455. The number of carbonyl (C=O) groups is 1. The molecule has 0 saturated heterocycles. The van der Waals surface area contributed by atoms with Gasteiger partial charge in [0.1, 0.15) is 12.4 Å². The van der Waals surface area contributed by atoms with Crippen molar-refractivity contribution in [3.8, 4) is 5.75 Å². The highest BCUT2D eigenvalue weighted by Crippen LogP contribution is 2.17. The Bertz CT molecular complexity index is 890. The SMILES string of the molecule is O=C(/C=C/c1ccc(OCc2ccccc2)cc1)Nc1cccc(Br)c1. The summed E-state index contributed by atoms with van der Waals surface area (Å²) in [5.41, 5.74) is 2.81. The van der Waals surface area contributed by atoms with Crippen molar-refractivity contribution in [1.82, 2.24) is 0 Å². The average Bonchev–Trinajstić information content (AvgIpc) is 2.66. The maximum atomic E-state index is 12.0. The van der Waals surface area contributed by atoms with E-state index in [0.717, 1.165) is 27.0 Å². The molecule has 3 rings (SSSR count). The molecule has 130 valence electrons. The molecule has 1 N–H and O–H groups in total. The number of hydrogen-bond acceptors (Lipinski definition) is 2. The topological polar surface area (TPSA) is 38.3 Å². The molecule has 3 aromatic carbocycles. The zero-order chi connectivity index (χ0) is 18.2. The predicted octanol–water partition coefficient (Wildman–Crippen LogP) is 5.68. The van der Waals surface area contributed by atoms with Gasteiger partial charge in [0.05, 0.1) is 0 Å². The Morgan fingerprint density at radius 1 is 0.962 bits per heavy atom. The molecular formula is C22H18BrNO2. The van der Waals surface area contributed by atoms with E-state index >= 15 is 0 Å². The lowest BCUT2D eigenvalue weighted by molar-refractivity contribution is -0.111. The number of halogens is 1. The van der Waals surface area contributed by atoms with Crippen molar-refractivity contribution in [2.45, 2.75) is 6.61 Å². The van der Waals surface area contributed by atoms with E-state index in [9.17, 15) is 4.79 Å². The van der Waals surface area contributed by atoms with Crippen LogP contribution in [0.4, 0.5) is 5.69 Å². The lowest BCUT2D eigenvalue weighted by Crippen LogP contribution is -2.07. The molecule has 0 aromatic heterocycles. The maximum absolute atomic E-state index is 12.0. The average molecular weight is 408 g/mol. The molecule has 0 fully saturated rings. The first-order valence-corrected chi connectivity index (χ1v) is 9.00. The predicted molar refractivity (Wildman–Crippen MR) is 109 cm³/mol. The fourth-order valence-electron chi connectivity index (χ4n) is 2.34. The van der Waals surface area contributed by atoms with Crippen LogP contribution in [0.3, 0.4) is 0 Å². The van der Waals surface area contributed by atoms with Gasteiger partial charge in [0, 0.05) is 16.2 Å². The second-order valence-electron chi connectivity index (χ2n) is 5.68. The minimum atomic E-state index is -0.174. The Hall–Kier alpha value is -2.85. The summed E-state index contributed by atoms with van der Waals surface area (Å²) in [4.78, 5) is 12.0. The number of rotatable bonds is 6. The number of hydrogen-bond donors (Lipinski definition) is 1. The Morgan fingerprint density at radius 2 is 1.73 bits per heavy atom. The molecule has 0 saturated carbocycles. The molecule has 3 aromatic rings. The number of amides is 1. The van der Waals surface area contributed by atoms with E-state index in [1.807, 2.05) is 78.9 Å². The summed E-state index contributed by atoms with van der Waals surface area (Å²) in [5, 5.41) is 2.82. The zero-order valence-corrected chi connectivity index (χ0v) is 15.6. The first-order chi connectivity index (χ1) is 12.7. The van der Waals surface area contributed by atoms with Crippen molar-refractivity contribution in [2.75, 3.05) is 5.32 Å². The molecule has 0 heterocycles. The van der Waals surface area contributed by atoms with E-state index in [0.29, 0.717) is 6.61 Å². The van der Waals surface area contributed by atoms with Gasteiger partial charge in [-0.25, -0.2) is 0 Å². The van der Waals surface area contributed by atoms with Crippen LogP contribution in [-0.2, 0) is 11.4 Å². The summed E-state index contributed by atoms with van der Waals surface area (Å²) in [6, 6.07) is 25.1. The van der Waals surface area contributed by atoms with Gasteiger partial charge in [-0.15, -0.1) is 0 Å². The van der Waals surface area contributed by atoms with Gasteiger partial charge in [0.15, 0.2) is 0 Å². The lowest BCUT2D eigenvalue weighted by atomic mass is 10.2. The summed E-state index contributed by atoms with van der Waals surface area (Å²) < 4.78 is 6.68. The maximum Gasteiger partial charge on any atom is 0.248 e. The number of carbonyl (C=O) groups excluding carboxylic acids is 1. The summed E-state index contributed by atoms with van der Waals surface area (Å²) in [7, 11) is 0. The van der Waals surface area contributed by atoms with Crippen LogP contribution in [0.5, 0.6) is 5.75 Å². The third-order valence-electron chi connectivity index (χ3n) is 3.65. The van der Waals surface area contributed by atoms with Crippen molar-refractivity contribution in [1.29, 1.82) is 0 Å². The largest absolute Gasteiger partial charge is 0.489 e. The Morgan fingerprint density at radius 3 is 2.46 bits per heavy atom. The van der Waals surface area contributed by atoms with Gasteiger partial charge in [0.2, 0.25) is 5.91 Å². The van der Waals surface area contributed by atoms with Gasteiger partial charge >= 0.3 is 0 Å². The Labute approximate surface area is 161 Å². The van der Waals surface area contributed by atoms with Crippen LogP contribution in [0.15, 0.2) is 89.4 Å². The molecule has 0 bridgehead atoms. The summed E-state index contributed by atoms with van der Waals surface area (Å²) in [6.07, 6.45) is 3.29. The van der Waals surface area contributed by atoms with Gasteiger partial charge in [-0.3, -0.25) is 4.79 Å². The molecule has 26 heavy (non-hydrogen) atoms. The van der Waals surface area contributed by atoms with Crippen LogP contribution in [0.1, 0.15) is 11.1 Å². The van der Waals surface area contributed by atoms with E-state index in [1.165, 1.54) is 6.08 Å². The van der Waals surface area contributed by atoms with E-state index in [1.54, 1.807) is 6.08 Å². The van der Waals surface area contributed by atoms with Crippen LogP contribution in [-0.4, -0.2) is 5.91 Å². The molecule has 0 aliphatic carbocycles. The van der Waals surface area contributed by atoms with Crippen LogP contribution in [0.25, 0.3) is 6.08 Å². The highest BCUT2D eigenvalue weighted by atomic mass is 79.9. The van der Waals surface area contributed by atoms with Crippen molar-refractivity contribution < 1.29 is 9.53 Å². The Kier molecular flexibility index (Phi) is 6.23. The van der Waals surface area contributed by atoms with Crippen LogP contribution >= 0.6 is 15.9 Å². The molecule has 0 aliphatic rings. The monoisotopic (exact) mass is 407 g/mol. The first kappa shape index (κ1) is 18.0. The van der Waals surface area contributed by atoms with E-state index in [-0.39, 0.29) is 5.91 Å². The van der Waals surface area contributed by atoms with Crippen molar-refractivity contribution >= 4 is 33.6 Å². The van der Waals surface area contributed by atoms with Gasteiger partial charge in [0.25, 0.3) is 0 Å².